The third-order valence-electron chi connectivity index (χ3n) is 3.83. The molecule has 0 saturated carbocycles. The highest BCUT2D eigenvalue weighted by Gasteiger charge is 2.23. The molecule has 0 spiro atoms. The first-order valence-corrected chi connectivity index (χ1v) is 8.72. The standard InChI is InChI=1S/C16H18INS/c1-11(12-6-3-2-4-7-12)18-14-8-5-9-15-13(14)10-16(17)19-15/h2-4,6-7,10-11,14,18H,5,8-9H2,1H3/t11-,14?/m1/s1. The maximum absolute atomic E-state index is 3.81. The molecule has 0 bridgehead atoms. The second-order valence-corrected chi connectivity index (χ2v) is 8.20. The number of rotatable bonds is 3. The van der Waals surface area contributed by atoms with Crippen LogP contribution in [0, 0.1) is 2.88 Å². The molecule has 0 saturated heterocycles. The summed E-state index contributed by atoms with van der Waals surface area (Å²) in [5.41, 5.74) is 2.92. The first-order valence-electron chi connectivity index (χ1n) is 6.83. The molecule has 1 aromatic heterocycles. The van der Waals surface area contributed by atoms with Crippen molar-refractivity contribution in [3.8, 4) is 0 Å². The van der Waals surface area contributed by atoms with E-state index in [1.807, 2.05) is 11.3 Å². The highest BCUT2D eigenvalue weighted by Crippen LogP contribution is 2.37. The average Bonchev–Trinajstić information content (AvgIpc) is 2.81. The predicted octanol–water partition coefficient (Wildman–Crippen LogP) is 5.08. The van der Waals surface area contributed by atoms with Gasteiger partial charge in [0.1, 0.15) is 0 Å². The van der Waals surface area contributed by atoms with Gasteiger partial charge in [-0.05, 0) is 66.0 Å². The van der Waals surface area contributed by atoms with Crippen LogP contribution in [0.5, 0.6) is 0 Å². The summed E-state index contributed by atoms with van der Waals surface area (Å²) >= 11 is 4.41. The van der Waals surface area contributed by atoms with Gasteiger partial charge >= 0.3 is 0 Å². The molecule has 1 aliphatic carbocycles. The number of hydrogen-bond donors (Lipinski definition) is 1. The first-order chi connectivity index (χ1) is 9.24. The molecular formula is C16H18INS. The molecule has 0 fully saturated rings. The molecule has 19 heavy (non-hydrogen) atoms. The monoisotopic (exact) mass is 383 g/mol. The van der Waals surface area contributed by atoms with E-state index in [1.54, 1.807) is 10.4 Å². The highest BCUT2D eigenvalue weighted by atomic mass is 127. The molecule has 0 aliphatic heterocycles. The zero-order chi connectivity index (χ0) is 13.2. The second-order valence-electron chi connectivity index (χ2n) is 5.17. The average molecular weight is 383 g/mol. The van der Waals surface area contributed by atoms with E-state index in [2.05, 4.69) is 71.2 Å². The number of nitrogens with one attached hydrogen (secondary N) is 1. The Morgan fingerprint density at radius 3 is 2.89 bits per heavy atom. The smallest absolute Gasteiger partial charge is 0.0659 e. The number of halogens is 1. The minimum Gasteiger partial charge on any atom is -0.303 e. The third kappa shape index (κ3) is 3.03. The molecule has 3 rings (SSSR count). The van der Waals surface area contributed by atoms with Crippen molar-refractivity contribution in [1.29, 1.82) is 0 Å². The van der Waals surface area contributed by atoms with Gasteiger partial charge in [0, 0.05) is 17.0 Å². The van der Waals surface area contributed by atoms with Crippen molar-refractivity contribution < 1.29 is 0 Å². The van der Waals surface area contributed by atoms with Crippen LogP contribution in [-0.2, 0) is 6.42 Å². The lowest BCUT2D eigenvalue weighted by molar-refractivity contribution is 0.418. The fraction of sp³-hybridized carbons (Fsp3) is 0.375. The maximum Gasteiger partial charge on any atom is 0.0659 e. The summed E-state index contributed by atoms with van der Waals surface area (Å²) in [5, 5.41) is 3.81. The van der Waals surface area contributed by atoms with E-state index in [-0.39, 0.29) is 0 Å². The quantitative estimate of drug-likeness (QED) is 0.729. The summed E-state index contributed by atoms with van der Waals surface area (Å²) in [5.74, 6) is 0. The molecule has 0 radical (unpaired) electrons. The van der Waals surface area contributed by atoms with Crippen molar-refractivity contribution in [2.24, 2.45) is 0 Å². The van der Waals surface area contributed by atoms with Crippen LogP contribution in [0.1, 0.15) is 47.9 Å². The molecule has 1 aromatic carbocycles. The van der Waals surface area contributed by atoms with Gasteiger partial charge in [-0.25, -0.2) is 0 Å². The van der Waals surface area contributed by atoms with E-state index in [9.17, 15) is 0 Å². The van der Waals surface area contributed by atoms with Crippen molar-refractivity contribution in [3.05, 3.63) is 55.3 Å². The highest BCUT2D eigenvalue weighted by molar-refractivity contribution is 14.1. The fourth-order valence-corrected chi connectivity index (χ4v) is 4.95. The molecule has 3 heteroatoms. The minimum absolute atomic E-state index is 0.412. The normalized spacial score (nSPS) is 20.0. The zero-order valence-electron chi connectivity index (χ0n) is 11.0. The van der Waals surface area contributed by atoms with Gasteiger partial charge in [0.05, 0.1) is 2.88 Å². The summed E-state index contributed by atoms with van der Waals surface area (Å²) in [7, 11) is 0. The van der Waals surface area contributed by atoms with Gasteiger partial charge in [0.15, 0.2) is 0 Å². The van der Waals surface area contributed by atoms with Crippen LogP contribution < -0.4 is 5.32 Å². The fourth-order valence-electron chi connectivity index (χ4n) is 2.83. The van der Waals surface area contributed by atoms with Crippen LogP contribution in [-0.4, -0.2) is 0 Å². The van der Waals surface area contributed by atoms with E-state index in [0.29, 0.717) is 12.1 Å². The lowest BCUT2D eigenvalue weighted by atomic mass is 9.93. The summed E-state index contributed by atoms with van der Waals surface area (Å²) in [4.78, 5) is 1.59. The SMILES string of the molecule is C[C@@H](NC1CCCc2sc(I)cc21)c1ccccc1. The largest absolute Gasteiger partial charge is 0.303 e. The molecule has 100 valence electrons. The topological polar surface area (TPSA) is 12.0 Å². The molecule has 1 nitrogen and oxygen atoms in total. The number of benzene rings is 1. The van der Waals surface area contributed by atoms with Gasteiger partial charge in [-0.2, -0.15) is 0 Å². The summed E-state index contributed by atoms with van der Waals surface area (Å²) in [6, 6.07) is 14.0. The van der Waals surface area contributed by atoms with Crippen molar-refractivity contribution in [3.63, 3.8) is 0 Å². The number of fused-ring (bicyclic) bond motifs is 1. The third-order valence-corrected chi connectivity index (χ3v) is 5.81. The Morgan fingerprint density at radius 2 is 2.11 bits per heavy atom. The van der Waals surface area contributed by atoms with Crippen LogP contribution in [0.3, 0.4) is 0 Å². The van der Waals surface area contributed by atoms with Crippen molar-refractivity contribution in [1.82, 2.24) is 5.32 Å². The molecule has 2 aromatic rings. The van der Waals surface area contributed by atoms with Crippen LogP contribution in [0.2, 0.25) is 0 Å². The molecule has 1 aliphatic rings. The predicted molar refractivity (Wildman–Crippen MR) is 90.7 cm³/mol. The Kier molecular flexibility index (Phi) is 4.24. The Balaban J connectivity index is 1.77. The Morgan fingerprint density at radius 1 is 1.32 bits per heavy atom. The van der Waals surface area contributed by atoms with Crippen molar-refractivity contribution in [2.75, 3.05) is 0 Å². The molecule has 1 unspecified atom stereocenters. The lowest BCUT2D eigenvalue weighted by Gasteiger charge is -2.27. The van der Waals surface area contributed by atoms with Gasteiger partial charge in [-0.3, -0.25) is 0 Å². The van der Waals surface area contributed by atoms with E-state index >= 15 is 0 Å². The van der Waals surface area contributed by atoms with Crippen LogP contribution in [0.25, 0.3) is 0 Å². The Labute approximate surface area is 132 Å². The second kappa shape index (κ2) is 5.94. The Hall–Kier alpha value is -0.390. The summed E-state index contributed by atoms with van der Waals surface area (Å²) < 4.78 is 1.42. The van der Waals surface area contributed by atoms with Gasteiger partial charge in [-0.15, -0.1) is 11.3 Å². The molecule has 1 N–H and O–H groups in total. The van der Waals surface area contributed by atoms with E-state index in [1.165, 1.54) is 27.7 Å². The molecule has 1 heterocycles. The number of hydrogen-bond acceptors (Lipinski definition) is 2. The maximum atomic E-state index is 3.81. The number of thiophene rings is 1. The van der Waals surface area contributed by atoms with E-state index in [4.69, 9.17) is 0 Å². The first kappa shape index (κ1) is 13.6. The zero-order valence-corrected chi connectivity index (χ0v) is 14.0. The van der Waals surface area contributed by atoms with Gasteiger partial charge in [-0.1, -0.05) is 30.3 Å². The van der Waals surface area contributed by atoms with Crippen LogP contribution >= 0.6 is 33.9 Å². The Bertz CT molecular complexity index is 549. The van der Waals surface area contributed by atoms with Gasteiger partial charge in [0.2, 0.25) is 0 Å². The van der Waals surface area contributed by atoms with Crippen molar-refractivity contribution >= 4 is 33.9 Å². The van der Waals surface area contributed by atoms with Crippen LogP contribution in [0.4, 0.5) is 0 Å². The summed E-state index contributed by atoms with van der Waals surface area (Å²) in [6.45, 7) is 2.26. The van der Waals surface area contributed by atoms with E-state index < -0.39 is 0 Å². The summed E-state index contributed by atoms with van der Waals surface area (Å²) in [6.07, 6.45) is 3.83. The van der Waals surface area contributed by atoms with Gasteiger partial charge < -0.3 is 5.32 Å². The molecular weight excluding hydrogens is 365 g/mol. The minimum atomic E-state index is 0.412. The van der Waals surface area contributed by atoms with Gasteiger partial charge in [0.25, 0.3) is 0 Å². The van der Waals surface area contributed by atoms with E-state index in [0.717, 1.165) is 0 Å². The molecule has 0 amide bonds. The van der Waals surface area contributed by atoms with Crippen LogP contribution in [0.15, 0.2) is 36.4 Å². The van der Waals surface area contributed by atoms with Crippen molar-refractivity contribution in [2.45, 2.75) is 38.3 Å². The number of aryl methyl sites for hydroxylation is 1. The molecule has 2 atom stereocenters. The lowest BCUT2D eigenvalue weighted by Crippen LogP contribution is -2.27.